The van der Waals surface area contributed by atoms with Crippen molar-refractivity contribution in [2.24, 2.45) is 0 Å². The Hall–Kier alpha value is -2.01. The number of carboxylic acids is 3. The first-order valence-corrected chi connectivity index (χ1v) is 8.28. The quantitative estimate of drug-likeness (QED) is 0.230. The molecule has 0 aromatic heterocycles. The van der Waals surface area contributed by atoms with Crippen molar-refractivity contribution in [3.05, 3.63) is 0 Å². The lowest BCUT2D eigenvalue weighted by molar-refractivity contribution is -0.143. The van der Waals surface area contributed by atoms with Gasteiger partial charge in [-0.3, -0.25) is 18.9 Å². The van der Waals surface area contributed by atoms with E-state index in [0.717, 1.165) is 0 Å². The number of carbonyl (C=O) groups excluding carboxylic acids is 1. The average molecular weight is 370 g/mol. The molecule has 0 fully saturated rings. The van der Waals surface area contributed by atoms with Crippen molar-refractivity contribution >= 4 is 31.6 Å². The van der Waals surface area contributed by atoms with Gasteiger partial charge in [0.2, 0.25) is 5.91 Å². The Morgan fingerprint density at radius 3 is 2.04 bits per heavy atom. The minimum Gasteiger partial charge on any atom is -0.481 e. The molecule has 1 amide bonds. The van der Waals surface area contributed by atoms with Crippen LogP contribution in [0.1, 0.15) is 26.2 Å². The van der Waals surface area contributed by atoms with E-state index in [4.69, 9.17) is 15.3 Å². The molecule has 0 rings (SSSR count). The van der Waals surface area contributed by atoms with E-state index < -0.39 is 63.1 Å². The van der Waals surface area contributed by atoms with Crippen LogP contribution in [0, 0.1) is 0 Å². The summed E-state index contributed by atoms with van der Waals surface area (Å²) in [5.41, 5.74) is 0. The topological polar surface area (TPSA) is 200 Å². The van der Waals surface area contributed by atoms with Gasteiger partial charge in [-0.15, -0.1) is 0 Å². The van der Waals surface area contributed by atoms with Crippen LogP contribution in [0.3, 0.4) is 0 Å². The highest BCUT2D eigenvalue weighted by atomic mass is 31.2. The van der Waals surface area contributed by atoms with E-state index in [9.17, 15) is 28.6 Å². The van der Waals surface area contributed by atoms with Crippen molar-refractivity contribution < 1.29 is 48.5 Å². The maximum absolute atomic E-state index is 11.8. The molecule has 0 aromatic carbocycles. The van der Waals surface area contributed by atoms with Gasteiger partial charge < -0.3 is 25.5 Å². The molecule has 13 heteroatoms. The molecule has 0 aliphatic rings. The van der Waals surface area contributed by atoms with Gasteiger partial charge in [-0.2, -0.15) is 0 Å². The average Bonchev–Trinajstić information content (AvgIpc) is 2.46. The van der Waals surface area contributed by atoms with Crippen LogP contribution >= 0.6 is 7.75 Å². The molecule has 6 N–H and O–H groups in total. The number of hydrogen-bond donors (Lipinski definition) is 6. The van der Waals surface area contributed by atoms with Gasteiger partial charge in [0.15, 0.2) is 6.04 Å². The molecular formula is C11H19N2O10P. The molecule has 138 valence electrons. The minimum absolute atomic E-state index is 0.0188. The van der Waals surface area contributed by atoms with E-state index in [1.54, 1.807) is 5.09 Å². The van der Waals surface area contributed by atoms with E-state index in [1.165, 1.54) is 6.92 Å². The second-order valence-electron chi connectivity index (χ2n) is 4.58. The zero-order chi connectivity index (χ0) is 18.9. The van der Waals surface area contributed by atoms with Crippen LogP contribution in [0.25, 0.3) is 0 Å². The monoisotopic (exact) mass is 370 g/mol. The van der Waals surface area contributed by atoms with E-state index in [1.807, 2.05) is 5.32 Å². The van der Waals surface area contributed by atoms with Crippen molar-refractivity contribution in [3.63, 3.8) is 0 Å². The normalized spacial score (nSPS) is 15.8. The first kappa shape index (κ1) is 22.0. The van der Waals surface area contributed by atoms with E-state index in [0.29, 0.717) is 0 Å². The lowest BCUT2D eigenvalue weighted by Crippen LogP contribution is -2.44. The van der Waals surface area contributed by atoms with Crippen LogP contribution in [0.4, 0.5) is 0 Å². The predicted molar refractivity (Wildman–Crippen MR) is 77.1 cm³/mol. The summed E-state index contributed by atoms with van der Waals surface area (Å²) < 4.78 is 16.2. The predicted octanol–water partition coefficient (Wildman–Crippen LogP) is -1.01. The summed E-state index contributed by atoms with van der Waals surface area (Å²) in [4.78, 5) is 53.0. The zero-order valence-corrected chi connectivity index (χ0v) is 13.6. The highest BCUT2D eigenvalue weighted by Crippen LogP contribution is 2.38. The number of carbonyl (C=O) groups is 4. The summed E-state index contributed by atoms with van der Waals surface area (Å²) in [6, 6.07) is -3.30. The van der Waals surface area contributed by atoms with Crippen LogP contribution in [-0.4, -0.2) is 62.7 Å². The standard InChI is InChI=1S/C11H19N2O10P/c1-2-8(14)12-7(11(19)20)5-23-24(21,22)13-6(10(17)18)3-4-9(15)16/h6-7H,2-5H2,1H3,(H,12,14)(H,15,16)(H,17,18)(H,19,20)(H2,13,21,22)/t6-,7+/m1/s1. The highest BCUT2D eigenvalue weighted by molar-refractivity contribution is 7.50. The molecule has 24 heavy (non-hydrogen) atoms. The Morgan fingerprint density at radius 2 is 1.62 bits per heavy atom. The summed E-state index contributed by atoms with van der Waals surface area (Å²) in [5.74, 6) is -5.03. The van der Waals surface area contributed by atoms with Gasteiger partial charge in [-0.05, 0) is 6.42 Å². The first-order chi connectivity index (χ1) is 11.0. The minimum atomic E-state index is -4.75. The smallest absolute Gasteiger partial charge is 0.403 e. The van der Waals surface area contributed by atoms with Gasteiger partial charge in [0.1, 0.15) is 6.04 Å². The maximum Gasteiger partial charge on any atom is 0.403 e. The number of carboxylic acid groups (broad SMARTS) is 3. The second-order valence-corrected chi connectivity index (χ2v) is 6.14. The summed E-state index contributed by atoms with van der Waals surface area (Å²) >= 11 is 0. The van der Waals surface area contributed by atoms with E-state index >= 15 is 0 Å². The number of aliphatic carboxylic acids is 3. The summed E-state index contributed by atoms with van der Waals surface area (Å²) in [6.45, 7) is 0.570. The second kappa shape index (κ2) is 9.98. The number of hydrogen-bond acceptors (Lipinski definition) is 6. The SMILES string of the molecule is CCC(=O)N[C@@H](COP(=O)(O)N[C@H](CCC(=O)O)C(=O)O)C(=O)O. The van der Waals surface area contributed by atoms with Gasteiger partial charge in [-0.1, -0.05) is 6.92 Å². The van der Waals surface area contributed by atoms with Crippen LogP contribution in [0.2, 0.25) is 0 Å². The number of amides is 1. The van der Waals surface area contributed by atoms with Gasteiger partial charge in [0.25, 0.3) is 0 Å². The van der Waals surface area contributed by atoms with Gasteiger partial charge >= 0.3 is 25.7 Å². The van der Waals surface area contributed by atoms with Crippen LogP contribution in [0.5, 0.6) is 0 Å². The summed E-state index contributed by atoms with van der Waals surface area (Å²) in [5, 5.41) is 30.0. The van der Waals surface area contributed by atoms with Crippen LogP contribution in [0.15, 0.2) is 0 Å². The third-order valence-corrected chi connectivity index (χ3v) is 3.77. The Kier molecular flexibility index (Phi) is 9.14. The Morgan fingerprint density at radius 1 is 1.08 bits per heavy atom. The number of nitrogens with one attached hydrogen (secondary N) is 2. The van der Waals surface area contributed by atoms with Crippen LogP contribution < -0.4 is 10.4 Å². The molecule has 0 aromatic rings. The van der Waals surface area contributed by atoms with Crippen molar-refractivity contribution in [2.75, 3.05) is 6.61 Å². The third kappa shape index (κ3) is 9.20. The van der Waals surface area contributed by atoms with Crippen molar-refractivity contribution in [2.45, 2.75) is 38.3 Å². The van der Waals surface area contributed by atoms with E-state index in [-0.39, 0.29) is 6.42 Å². The number of rotatable bonds is 12. The molecule has 1 unspecified atom stereocenters. The van der Waals surface area contributed by atoms with Gasteiger partial charge in [-0.25, -0.2) is 14.4 Å². The molecular weight excluding hydrogens is 351 g/mol. The Balaban J connectivity index is 4.76. The molecule has 0 heterocycles. The van der Waals surface area contributed by atoms with Crippen LogP contribution in [-0.2, 0) is 28.3 Å². The molecule has 0 aliphatic carbocycles. The molecule has 12 nitrogen and oxygen atoms in total. The lowest BCUT2D eigenvalue weighted by Gasteiger charge is -2.20. The fourth-order valence-corrected chi connectivity index (χ4v) is 2.45. The molecule has 0 bridgehead atoms. The summed E-state index contributed by atoms with van der Waals surface area (Å²) in [7, 11) is -4.75. The molecule has 3 atom stereocenters. The van der Waals surface area contributed by atoms with Gasteiger partial charge in [0, 0.05) is 12.8 Å². The van der Waals surface area contributed by atoms with Crippen molar-refractivity contribution in [1.29, 1.82) is 0 Å². The molecule has 0 saturated carbocycles. The fraction of sp³-hybridized carbons (Fsp3) is 0.636. The largest absolute Gasteiger partial charge is 0.481 e. The van der Waals surface area contributed by atoms with Gasteiger partial charge in [0.05, 0.1) is 6.61 Å². The highest BCUT2D eigenvalue weighted by Gasteiger charge is 2.31. The summed E-state index contributed by atoms with van der Waals surface area (Å²) in [6.07, 6.45) is -1.09. The lowest BCUT2D eigenvalue weighted by atomic mass is 10.2. The Bertz CT molecular complexity index is 537. The van der Waals surface area contributed by atoms with E-state index in [2.05, 4.69) is 4.52 Å². The zero-order valence-electron chi connectivity index (χ0n) is 12.7. The molecule has 0 radical (unpaired) electrons. The molecule has 0 saturated heterocycles. The van der Waals surface area contributed by atoms with Crippen molar-refractivity contribution in [3.8, 4) is 0 Å². The fourth-order valence-electron chi connectivity index (χ4n) is 1.39. The first-order valence-electron chi connectivity index (χ1n) is 6.70. The molecule has 0 aliphatic heterocycles. The maximum atomic E-state index is 11.8. The van der Waals surface area contributed by atoms with Crippen molar-refractivity contribution in [1.82, 2.24) is 10.4 Å². The molecule has 0 spiro atoms. The third-order valence-electron chi connectivity index (χ3n) is 2.63. The Labute approximate surface area is 136 Å².